The molecule has 1 aromatic heterocycles. The van der Waals surface area contributed by atoms with Crippen molar-refractivity contribution in [1.82, 2.24) is 4.98 Å². The van der Waals surface area contributed by atoms with Crippen LogP contribution in [0.15, 0.2) is 48.5 Å². The first-order valence-electron chi connectivity index (χ1n) is 9.09. The minimum Gasteiger partial charge on any atom is -0.462 e. The van der Waals surface area contributed by atoms with Gasteiger partial charge in [-0.2, -0.15) is 0 Å². The van der Waals surface area contributed by atoms with Crippen LogP contribution in [0, 0.1) is 18.6 Å². The third-order valence-corrected chi connectivity index (χ3v) is 4.36. The van der Waals surface area contributed by atoms with Gasteiger partial charge < -0.3 is 15.0 Å². The Bertz CT molecular complexity index is 1120. The summed E-state index contributed by atoms with van der Waals surface area (Å²) in [4.78, 5) is 40.6. The summed E-state index contributed by atoms with van der Waals surface area (Å²) in [6.07, 6.45) is 0. The van der Waals surface area contributed by atoms with E-state index in [0.29, 0.717) is 11.3 Å². The number of aromatic amines is 1. The largest absolute Gasteiger partial charge is 0.462 e. The summed E-state index contributed by atoms with van der Waals surface area (Å²) in [5.41, 5.74) is 0.467. The van der Waals surface area contributed by atoms with Gasteiger partial charge in [-0.1, -0.05) is 24.3 Å². The Balaban J connectivity index is 2.07. The fourth-order valence-corrected chi connectivity index (χ4v) is 3.01. The number of aryl methyl sites for hydroxylation is 1. The quantitative estimate of drug-likeness (QED) is 0.360. The van der Waals surface area contributed by atoms with E-state index in [4.69, 9.17) is 4.74 Å². The first kappa shape index (κ1) is 20.9. The summed E-state index contributed by atoms with van der Waals surface area (Å²) in [5.74, 6) is -4.02. The van der Waals surface area contributed by atoms with Crippen molar-refractivity contribution in [3.63, 3.8) is 0 Å². The molecule has 3 aromatic rings. The topological polar surface area (TPSA) is 88.3 Å². The fraction of sp³-hybridized carbons (Fsp3) is 0.136. The first-order chi connectivity index (χ1) is 14.3. The van der Waals surface area contributed by atoms with E-state index in [0.717, 1.165) is 6.07 Å². The van der Waals surface area contributed by atoms with E-state index in [1.807, 2.05) is 0 Å². The van der Waals surface area contributed by atoms with E-state index in [-0.39, 0.29) is 29.1 Å². The summed E-state index contributed by atoms with van der Waals surface area (Å²) in [6, 6.07) is 10.5. The van der Waals surface area contributed by atoms with Gasteiger partial charge in [0.15, 0.2) is 0 Å². The standard InChI is InChI=1S/C22H18F2N2O4/c1-3-30-22(29)17-12(2)25-19(18(17)13-8-10-14(23)11-9-13)20(27)21(28)26-16-7-5-4-6-15(16)24/h4-11,25H,3H2,1-2H3,(H,26,28). The second-order valence-corrected chi connectivity index (χ2v) is 6.37. The molecule has 154 valence electrons. The van der Waals surface area contributed by atoms with Crippen LogP contribution in [-0.4, -0.2) is 29.3 Å². The lowest BCUT2D eigenvalue weighted by Crippen LogP contribution is -2.24. The molecule has 0 saturated heterocycles. The molecule has 1 heterocycles. The number of carbonyl (C=O) groups excluding carboxylic acids is 3. The Labute approximate surface area is 170 Å². The number of ether oxygens (including phenoxy) is 1. The number of amides is 1. The molecule has 2 N–H and O–H groups in total. The van der Waals surface area contributed by atoms with Gasteiger partial charge in [-0.15, -0.1) is 0 Å². The van der Waals surface area contributed by atoms with Crippen molar-refractivity contribution in [2.24, 2.45) is 0 Å². The molecule has 2 aromatic carbocycles. The minimum atomic E-state index is -1.10. The lowest BCUT2D eigenvalue weighted by atomic mass is 9.98. The maximum absolute atomic E-state index is 13.8. The molecule has 0 aliphatic heterocycles. The average molecular weight is 412 g/mol. The zero-order valence-corrected chi connectivity index (χ0v) is 16.2. The van der Waals surface area contributed by atoms with Crippen LogP contribution in [0.3, 0.4) is 0 Å². The number of nitrogens with one attached hydrogen (secondary N) is 2. The first-order valence-corrected chi connectivity index (χ1v) is 9.09. The van der Waals surface area contributed by atoms with Crippen LogP contribution in [0.4, 0.5) is 14.5 Å². The third-order valence-electron chi connectivity index (χ3n) is 4.36. The zero-order chi connectivity index (χ0) is 21.8. The maximum Gasteiger partial charge on any atom is 0.340 e. The monoisotopic (exact) mass is 412 g/mol. The van der Waals surface area contributed by atoms with Crippen LogP contribution in [0.25, 0.3) is 11.1 Å². The average Bonchev–Trinajstić information content (AvgIpc) is 3.07. The van der Waals surface area contributed by atoms with Gasteiger partial charge in [0.25, 0.3) is 11.7 Å². The highest BCUT2D eigenvalue weighted by Crippen LogP contribution is 2.32. The number of hydrogen-bond donors (Lipinski definition) is 2. The number of esters is 1. The molecule has 30 heavy (non-hydrogen) atoms. The second kappa shape index (κ2) is 8.69. The summed E-state index contributed by atoms with van der Waals surface area (Å²) >= 11 is 0. The molecule has 0 bridgehead atoms. The van der Waals surface area contributed by atoms with Crippen molar-refractivity contribution < 1.29 is 27.9 Å². The van der Waals surface area contributed by atoms with Crippen molar-refractivity contribution in [3.8, 4) is 11.1 Å². The lowest BCUT2D eigenvalue weighted by molar-refractivity contribution is -0.112. The van der Waals surface area contributed by atoms with Gasteiger partial charge in [0.1, 0.15) is 17.3 Å². The third kappa shape index (κ3) is 4.12. The Morgan fingerprint density at radius 2 is 1.70 bits per heavy atom. The van der Waals surface area contributed by atoms with Gasteiger partial charge in [0.05, 0.1) is 17.9 Å². The number of ketones is 1. The van der Waals surface area contributed by atoms with Crippen molar-refractivity contribution in [1.29, 1.82) is 0 Å². The molecule has 6 nitrogen and oxygen atoms in total. The fourth-order valence-electron chi connectivity index (χ4n) is 3.01. The molecule has 0 aliphatic carbocycles. The molecule has 0 saturated carbocycles. The molecule has 0 fully saturated rings. The number of aromatic nitrogens is 1. The molecule has 0 unspecified atom stereocenters. The van der Waals surface area contributed by atoms with Crippen molar-refractivity contribution >= 4 is 23.3 Å². The van der Waals surface area contributed by atoms with Gasteiger partial charge in [-0.25, -0.2) is 13.6 Å². The molecule has 0 atom stereocenters. The molecule has 8 heteroatoms. The molecule has 0 aliphatic rings. The minimum absolute atomic E-state index is 0.0606. The number of halogens is 2. The van der Waals surface area contributed by atoms with Crippen LogP contribution in [-0.2, 0) is 9.53 Å². The maximum atomic E-state index is 13.8. The summed E-state index contributed by atoms with van der Waals surface area (Å²) in [5, 5.41) is 2.22. The van der Waals surface area contributed by atoms with Crippen LogP contribution >= 0.6 is 0 Å². The SMILES string of the molecule is CCOC(=O)c1c(C)[nH]c(C(=O)C(=O)Nc2ccccc2F)c1-c1ccc(F)cc1. The number of benzene rings is 2. The predicted octanol–water partition coefficient (Wildman–Crippen LogP) is 4.27. The zero-order valence-electron chi connectivity index (χ0n) is 16.2. The summed E-state index contributed by atoms with van der Waals surface area (Å²) in [6.45, 7) is 3.28. The number of carbonyl (C=O) groups is 3. The van der Waals surface area contributed by atoms with E-state index in [9.17, 15) is 23.2 Å². The Morgan fingerprint density at radius 1 is 1.03 bits per heavy atom. The molecule has 0 radical (unpaired) electrons. The van der Waals surface area contributed by atoms with Gasteiger partial charge >= 0.3 is 5.97 Å². The smallest absolute Gasteiger partial charge is 0.340 e. The number of Topliss-reactive ketones (excluding diaryl/α,β-unsaturated/α-hetero) is 1. The van der Waals surface area contributed by atoms with Gasteiger partial charge in [-0.05, 0) is 43.7 Å². The lowest BCUT2D eigenvalue weighted by Gasteiger charge is -2.09. The van der Waals surface area contributed by atoms with Gasteiger partial charge in [0.2, 0.25) is 0 Å². The number of hydrogen-bond acceptors (Lipinski definition) is 4. The second-order valence-electron chi connectivity index (χ2n) is 6.37. The highest BCUT2D eigenvalue weighted by atomic mass is 19.1. The van der Waals surface area contributed by atoms with Crippen LogP contribution < -0.4 is 5.32 Å². The summed E-state index contributed by atoms with van der Waals surface area (Å²) in [7, 11) is 0. The Hall–Kier alpha value is -3.81. The highest BCUT2D eigenvalue weighted by molar-refractivity contribution is 6.47. The molecule has 0 spiro atoms. The molecular formula is C22H18F2N2O4. The van der Waals surface area contributed by atoms with Crippen molar-refractivity contribution in [2.75, 3.05) is 11.9 Å². The van der Waals surface area contributed by atoms with Crippen molar-refractivity contribution in [2.45, 2.75) is 13.8 Å². The predicted molar refractivity (Wildman–Crippen MR) is 106 cm³/mol. The highest BCUT2D eigenvalue weighted by Gasteiger charge is 2.30. The van der Waals surface area contributed by atoms with E-state index < -0.39 is 29.3 Å². The number of anilines is 1. The van der Waals surface area contributed by atoms with Crippen LogP contribution in [0.5, 0.6) is 0 Å². The summed E-state index contributed by atoms with van der Waals surface area (Å²) < 4.78 is 32.3. The number of rotatable bonds is 6. The van der Waals surface area contributed by atoms with E-state index in [2.05, 4.69) is 10.3 Å². The molecular weight excluding hydrogens is 394 g/mol. The van der Waals surface area contributed by atoms with Gasteiger partial charge in [-0.3, -0.25) is 9.59 Å². The Morgan fingerprint density at radius 3 is 2.33 bits per heavy atom. The van der Waals surface area contributed by atoms with Crippen LogP contribution in [0.2, 0.25) is 0 Å². The van der Waals surface area contributed by atoms with E-state index >= 15 is 0 Å². The molecule has 3 rings (SSSR count). The number of H-pyrrole nitrogens is 1. The Kier molecular flexibility index (Phi) is 6.06. The number of para-hydroxylation sites is 1. The molecule has 1 amide bonds. The van der Waals surface area contributed by atoms with Crippen molar-refractivity contribution in [3.05, 3.63) is 77.1 Å². The van der Waals surface area contributed by atoms with E-state index in [1.165, 1.54) is 42.5 Å². The normalized spacial score (nSPS) is 10.5. The van der Waals surface area contributed by atoms with E-state index in [1.54, 1.807) is 13.8 Å². The van der Waals surface area contributed by atoms with Crippen LogP contribution in [0.1, 0.15) is 33.5 Å². The van der Waals surface area contributed by atoms with Gasteiger partial charge in [0, 0.05) is 11.3 Å².